The smallest absolute Gasteiger partial charge is 0.270 e. The molecule has 62 valence electrons. The molecular weight excluding hydrogens is 146 g/mol. The largest absolute Gasteiger partial charge is 0.377 e. The fourth-order valence-electron chi connectivity index (χ4n) is 0.892. The normalized spacial score (nSPS) is 17.4. The van der Waals surface area contributed by atoms with Gasteiger partial charge < -0.3 is 4.74 Å². The molecule has 4 heteroatoms. The average molecular weight is 157 g/mol. The molecule has 1 heterocycles. The Morgan fingerprint density at radius 3 is 3.18 bits per heavy atom. The van der Waals surface area contributed by atoms with Gasteiger partial charge in [0.05, 0.1) is 20.3 Å². The van der Waals surface area contributed by atoms with Crippen molar-refractivity contribution in [3.05, 3.63) is 11.6 Å². The summed E-state index contributed by atoms with van der Waals surface area (Å²) in [5.74, 6) is -0.171. The number of hydrogen-bond donors (Lipinski definition) is 1. The molecule has 1 amide bonds. The van der Waals surface area contributed by atoms with Crippen molar-refractivity contribution in [3.63, 3.8) is 0 Å². The van der Waals surface area contributed by atoms with E-state index in [2.05, 4.69) is 10.3 Å². The lowest BCUT2D eigenvalue weighted by Crippen LogP contribution is -2.26. The van der Waals surface area contributed by atoms with Crippen molar-refractivity contribution in [2.45, 2.75) is 6.42 Å². The topological polar surface area (TPSA) is 47.6 Å². The molecule has 1 rings (SSSR count). The van der Waals surface area contributed by atoms with E-state index in [9.17, 15) is 4.79 Å². The molecule has 0 saturated carbocycles. The highest BCUT2D eigenvalue weighted by molar-refractivity contribution is 5.92. The number of nitrogens with one attached hydrogen (secondary N) is 1. The Labute approximate surface area is 65.1 Å². The van der Waals surface area contributed by atoms with Crippen LogP contribution in [-0.4, -0.2) is 26.2 Å². The number of hydrogen-bond acceptors (Lipinski definition) is 3. The quantitative estimate of drug-likeness (QED) is 0.574. The molecule has 0 radical (unpaired) electrons. The van der Waals surface area contributed by atoms with Crippen LogP contribution in [-0.2, 0) is 14.4 Å². The maximum Gasteiger partial charge on any atom is 0.270 e. The summed E-state index contributed by atoms with van der Waals surface area (Å²) in [6.07, 6.45) is 2.42. The van der Waals surface area contributed by atoms with E-state index in [1.54, 1.807) is 6.08 Å². The second-order valence-corrected chi connectivity index (χ2v) is 2.19. The molecule has 0 atom stereocenters. The minimum atomic E-state index is -0.171. The first kappa shape index (κ1) is 8.23. The van der Waals surface area contributed by atoms with Crippen LogP contribution >= 0.6 is 0 Å². The third-order valence-electron chi connectivity index (χ3n) is 1.45. The van der Waals surface area contributed by atoms with Gasteiger partial charge >= 0.3 is 0 Å². The van der Waals surface area contributed by atoms with E-state index in [-0.39, 0.29) is 5.91 Å². The molecule has 1 N–H and O–H groups in total. The zero-order valence-electron chi connectivity index (χ0n) is 6.42. The predicted octanol–water partition coefficient (Wildman–Crippen LogP) is 0.0107. The number of amides is 1. The molecule has 0 aromatic carbocycles. The number of carbonyl (C=O) groups excluding carboxylic acids is 1. The number of hydroxylamine groups is 1. The average Bonchev–Trinajstić information content (AvgIpc) is 2.07. The molecule has 0 aliphatic carbocycles. The maximum atomic E-state index is 11.0. The van der Waals surface area contributed by atoms with Gasteiger partial charge in [-0.1, -0.05) is 6.08 Å². The second kappa shape index (κ2) is 4.10. The fraction of sp³-hybridized carbons (Fsp3) is 0.571. The van der Waals surface area contributed by atoms with Crippen molar-refractivity contribution in [2.75, 3.05) is 20.3 Å². The Morgan fingerprint density at radius 1 is 1.82 bits per heavy atom. The lowest BCUT2D eigenvalue weighted by molar-refractivity contribution is -0.127. The maximum absolute atomic E-state index is 11.0. The highest BCUT2D eigenvalue weighted by Gasteiger charge is 2.11. The van der Waals surface area contributed by atoms with E-state index >= 15 is 0 Å². The molecule has 0 aromatic heterocycles. The molecule has 0 spiro atoms. The van der Waals surface area contributed by atoms with Gasteiger partial charge in [-0.05, 0) is 0 Å². The van der Waals surface area contributed by atoms with Crippen molar-refractivity contribution in [1.29, 1.82) is 0 Å². The molecule has 1 aliphatic rings. The highest BCUT2D eigenvalue weighted by Crippen LogP contribution is 2.06. The second-order valence-electron chi connectivity index (χ2n) is 2.19. The summed E-state index contributed by atoms with van der Waals surface area (Å²) in [7, 11) is 1.41. The first-order valence-corrected chi connectivity index (χ1v) is 3.44. The summed E-state index contributed by atoms with van der Waals surface area (Å²) in [5.41, 5.74) is 2.99. The molecule has 0 aromatic rings. The minimum absolute atomic E-state index is 0.171. The Balaban J connectivity index is 2.44. The zero-order chi connectivity index (χ0) is 8.10. The molecule has 4 nitrogen and oxygen atoms in total. The molecule has 0 bridgehead atoms. The van der Waals surface area contributed by atoms with Gasteiger partial charge in [0, 0.05) is 12.0 Å². The van der Waals surface area contributed by atoms with E-state index in [1.807, 2.05) is 0 Å². The predicted molar refractivity (Wildman–Crippen MR) is 38.7 cm³/mol. The first-order valence-electron chi connectivity index (χ1n) is 3.44. The van der Waals surface area contributed by atoms with Crippen molar-refractivity contribution in [3.8, 4) is 0 Å². The highest BCUT2D eigenvalue weighted by atomic mass is 16.6. The summed E-state index contributed by atoms with van der Waals surface area (Å²) < 4.78 is 5.03. The standard InChI is InChI=1S/C7H11NO3/c1-10-8-7(9)6-2-4-11-5-3-6/h2H,3-5H2,1H3,(H,8,9). The van der Waals surface area contributed by atoms with E-state index in [1.165, 1.54) is 7.11 Å². The molecule has 0 saturated heterocycles. The van der Waals surface area contributed by atoms with Crippen LogP contribution in [0.1, 0.15) is 6.42 Å². The van der Waals surface area contributed by atoms with Gasteiger partial charge in [-0.2, -0.15) is 0 Å². The summed E-state index contributed by atoms with van der Waals surface area (Å²) in [6, 6.07) is 0. The van der Waals surface area contributed by atoms with Crippen LogP contribution in [0, 0.1) is 0 Å². The summed E-state index contributed by atoms with van der Waals surface area (Å²) in [5, 5.41) is 0. The van der Waals surface area contributed by atoms with Crippen molar-refractivity contribution >= 4 is 5.91 Å². The van der Waals surface area contributed by atoms with Crippen molar-refractivity contribution in [1.82, 2.24) is 5.48 Å². The van der Waals surface area contributed by atoms with Gasteiger partial charge in [0.1, 0.15) is 0 Å². The lowest BCUT2D eigenvalue weighted by atomic mass is 10.1. The number of ether oxygens (including phenoxy) is 1. The Morgan fingerprint density at radius 2 is 2.64 bits per heavy atom. The molecule has 0 unspecified atom stereocenters. The van der Waals surface area contributed by atoms with Gasteiger partial charge in [0.15, 0.2) is 0 Å². The summed E-state index contributed by atoms with van der Waals surface area (Å²) in [6.45, 7) is 1.13. The lowest BCUT2D eigenvalue weighted by Gasteiger charge is -2.11. The summed E-state index contributed by atoms with van der Waals surface area (Å²) >= 11 is 0. The Hall–Kier alpha value is -0.870. The van der Waals surface area contributed by atoms with Crippen molar-refractivity contribution in [2.24, 2.45) is 0 Å². The van der Waals surface area contributed by atoms with Crippen LogP contribution in [0.2, 0.25) is 0 Å². The molecule has 0 fully saturated rings. The van der Waals surface area contributed by atoms with Gasteiger partial charge in [-0.3, -0.25) is 9.63 Å². The third-order valence-corrected chi connectivity index (χ3v) is 1.45. The van der Waals surface area contributed by atoms with Gasteiger partial charge in [0.25, 0.3) is 5.91 Å². The Kier molecular flexibility index (Phi) is 3.07. The van der Waals surface area contributed by atoms with Crippen LogP contribution in [0.5, 0.6) is 0 Å². The SMILES string of the molecule is CONC(=O)C1=CCOCC1. The van der Waals surface area contributed by atoms with Crippen LogP contribution in [0.4, 0.5) is 0 Å². The monoisotopic (exact) mass is 157 g/mol. The van der Waals surface area contributed by atoms with Crippen LogP contribution in [0.3, 0.4) is 0 Å². The molecular formula is C7H11NO3. The molecule has 11 heavy (non-hydrogen) atoms. The van der Waals surface area contributed by atoms with Crippen molar-refractivity contribution < 1.29 is 14.4 Å². The Bertz CT molecular complexity index is 177. The van der Waals surface area contributed by atoms with Gasteiger partial charge in [-0.15, -0.1) is 0 Å². The van der Waals surface area contributed by atoms with E-state index in [0.29, 0.717) is 19.6 Å². The third kappa shape index (κ3) is 2.32. The van der Waals surface area contributed by atoms with Crippen LogP contribution in [0.15, 0.2) is 11.6 Å². The van der Waals surface area contributed by atoms with Crippen LogP contribution in [0.25, 0.3) is 0 Å². The van der Waals surface area contributed by atoms with E-state index in [4.69, 9.17) is 4.74 Å². The van der Waals surface area contributed by atoms with Crippen LogP contribution < -0.4 is 5.48 Å². The van der Waals surface area contributed by atoms with Gasteiger partial charge in [-0.25, -0.2) is 5.48 Å². The van der Waals surface area contributed by atoms with E-state index in [0.717, 1.165) is 5.57 Å². The molecule has 1 aliphatic heterocycles. The zero-order valence-corrected chi connectivity index (χ0v) is 6.42. The van der Waals surface area contributed by atoms with E-state index < -0.39 is 0 Å². The number of rotatable bonds is 2. The first-order chi connectivity index (χ1) is 5.34. The number of carbonyl (C=O) groups is 1. The minimum Gasteiger partial charge on any atom is -0.377 e. The van der Waals surface area contributed by atoms with Gasteiger partial charge in [0.2, 0.25) is 0 Å². The fourth-order valence-corrected chi connectivity index (χ4v) is 0.892. The summed E-state index contributed by atoms with van der Waals surface area (Å²) in [4.78, 5) is 15.5.